The van der Waals surface area contributed by atoms with Crippen molar-refractivity contribution in [2.24, 2.45) is 17.8 Å². The van der Waals surface area contributed by atoms with E-state index in [2.05, 4.69) is 140 Å². The summed E-state index contributed by atoms with van der Waals surface area (Å²) < 4.78 is 4.38. The molecule has 6 atom stereocenters. The molecule has 0 radical (unpaired) electrons. The second-order valence-corrected chi connectivity index (χ2v) is 16.3. The van der Waals surface area contributed by atoms with Gasteiger partial charge in [-0.25, -0.2) is 4.98 Å². The van der Waals surface area contributed by atoms with Gasteiger partial charge in [0, 0.05) is 86.7 Å². The molecule has 3 aromatic heterocycles. The largest absolute Gasteiger partial charge is 0.333 e. The highest BCUT2D eigenvalue weighted by Crippen LogP contribution is 2.34. The van der Waals surface area contributed by atoms with Crippen LogP contribution in [0, 0.1) is 17.8 Å². The summed E-state index contributed by atoms with van der Waals surface area (Å²) in [5.41, 5.74) is 0. The van der Waals surface area contributed by atoms with E-state index in [-0.39, 0.29) is 0 Å². The van der Waals surface area contributed by atoms with Crippen LogP contribution in [-0.4, -0.2) is 105 Å². The van der Waals surface area contributed by atoms with Gasteiger partial charge in [-0.2, -0.15) is 20.1 Å². The Morgan fingerprint density at radius 1 is 0.500 bits per heavy atom. The van der Waals surface area contributed by atoms with E-state index in [0.29, 0.717) is 60.3 Å². The Morgan fingerprint density at radius 2 is 0.958 bits per heavy atom. The number of hydrogen-bond acceptors (Lipinski definition) is 7. The lowest BCUT2D eigenvalue weighted by Gasteiger charge is -2.30. The standard InChI is InChI=1S/2C13H23N3.C12H22N4/c1-10(2)13-7-12(8-16(13)11(3)4)15-6-5-14-9-15;1-10(2)13-8-12(9-15(13)11(3)4)16-7-5-6-14-16;1-9(2)12-7-11(8-15(12)10(3)4)16-13-5-6-14-16/h5-6,9-13H,7-8H2,1-4H3;5-7,10-13H,8-9H2,1-4H3;5-6,9-12H,7-8H2,1-4H3/t2*12-,13-;11-,12-/m000/s1. The van der Waals surface area contributed by atoms with Gasteiger partial charge in [-0.1, -0.05) is 41.5 Å². The van der Waals surface area contributed by atoms with E-state index in [9.17, 15) is 0 Å². The van der Waals surface area contributed by atoms with Crippen LogP contribution in [0.5, 0.6) is 0 Å². The van der Waals surface area contributed by atoms with Crippen LogP contribution in [0.2, 0.25) is 0 Å². The third kappa shape index (κ3) is 9.57. The summed E-state index contributed by atoms with van der Waals surface area (Å²) in [6.07, 6.45) is 17.1. The molecule has 10 heteroatoms. The van der Waals surface area contributed by atoms with Crippen molar-refractivity contribution in [1.82, 2.24) is 49.0 Å². The number of nitrogens with zero attached hydrogens (tertiary/aromatic N) is 10. The maximum atomic E-state index is 4.38. The minimum absolute atomic E-state index is 0.449. The fourth-order valence-corrected chi connectivity index (χ4v) is 8.32. The molecule has 0 bridgehead atoms. The Morgan fingerprint density at radius 3 is 1.35 bits per heavy atom. The lowest BCUT2D eigenvalue weighted by molar-refractivity contribution is 0.163. The first-order chi connectivity index (χ1) is 22.8. The normalized spacial score (nSPS) is 27.1. The number of imidazole rings is 1. The second-order valence-electron chi connectivity index (χ2n) is 16.3. The average molecular weight is 665 g/mol. The van der Waals surface area contributed by atoms with Crippen LogP contribution in [-0.2, 0) is 0 Å². The van der Waals surface area contributed by atoms with Crippen LogP contribution < -0.4 is 0 Å². The zero-order chi connectivity index (χ0) is 35.1. The van der Waals surface area contributed by atoms with Gasteiger partial charge in [-0.05, 0) is 84.6 Å². The minimum atomic E-state index is 0.449. The zero-order valence-electron chi connectivity index (χ0n) is 32.3. The van der Waals surface area contributed by atoms with Crippen molar-refractivity contribution in [1.29, 1.82) is 0 Å². The summed E-state index contributed by atoms with van der Waals surface area (Å²) in [6, 6.07) is 7.59. The molecule has 6 rings (SSSR count). The van der Waals surface area contributed by atoms with Crippen LogP contribution in [0.3, 0.4) is 0 Å². The Hall–Kier alpha value is -2.56. The quantitative estimate of drug-likeness (QED) is 0.242. The average Bonchev–Trinajstić information content (AvgIpc) is 3.89. The Kier molecular flexibility index (Phi) is 13.9. The fraction of sp³-hybridized carbons (Fsp3) is 0.789. The Labute approximate surface area is 292 Å². The van der Waals surface area contributed by atoms with Crippen molar-refractivity contribution in [3.05, 3.63) is 49.6 Å². The summed E-state index contributed by atoms with van der Waals surface area (Å²) in [4.78, 5) is 13.9. The molecule has 0 spiro atoms. The van der Waals surface area contributed by atoms with Gasteiger partial charge < -0.3 is 4.57 Å². The first kappa shape index (κ1) is 38.2. The van der Waals surface area contributed by atoms with Gasteiger partial charge in [-0.15, -0.1) is 0 Å². The molecular formula is C38H68N10. The van der Waals surface area contributed by atoms with Crippen molar-refractivity contribution in [3.63, 3.8) is 0 Å². The van der Waals surface area contributed by atoms with E-state index in [1.165, 1.54) is 19.3 Å². The lowest BCUT2D eigenvalue weighted by atomic mass is 10.00. The van der Waals surface area contributed by atoms with Gasteiger partial charge in [0.2, 0.25) is 0 Å². The SMILES string of the molecule is CC(C)[C@@H]1C[C@H](n2cccn2)CN1C(C)C.CC(C)[C@@H]1C[C@H](n2ccnc2)CN1C(C)C.CC(C)[C@@H]1C[C@H](n2nccn2)CN1C(C)C. The van der Waals surface area contributed by atoms with Crippen LogP contribution in [0.4, 0.5) is 0 Å². The van der Waals surface area contributed by atoms with Crippen LogP contribution in [0.15, 0.2) is 49.6 Å². The van der Waals surface area contributed by atoms with Crippen molar-refractivity contribution >= 4 is 0 Å². The number of rotatable bonds is 9. The summed E-state index contributed by atoms with van der Waals surface area (Å²) in [6.45, 7) is 31.0. The highest BCUT2D eigenvalue weighted by molar-refractivity contribution is 4.95. The number of hydrogen-bond donors (Lipinski definition) is 0. The molecule has 3 saturated heterocycles. The van der Waals surface area contributed by atoms with Gasteiger partial charge in [0.1, 0.15) is 0 Å². The van der Waals surface area contributed by atoms with E-state index >= 15 is 0 Å². The maximum Gasteiger partial charge on any atom is 0.0948 e. The summed E-state index contributed by atoms with van der Waals surface area (Å²) in [5.74, 6) is 2.15. The lowest BCUT2D eigenvalue weighted by Crippen LogP contribution is -2.38. The summed E-state index contributed by atoms with van der Waals surface area (Å²) in [5, 5.41) is 12.9. The van der Waals surface area contributed by atoms with Gasteiger partial charge in [0.15, 0.2) is 0 Å². The molecule has 0 aliphatic carbocycles. The van der Waals surface area contributed by atoms with Crippen LogP contribution in [0.25, 0.3) is 0 Å². The smallest absolute Gasteiger partial charge is 0.0948 e. The number of aromatic nitrogens is 7. The predicted molar refractivity (Wildman–Crippen MR) is 197 cm³/mol. The van der Waals surface area contributed by atoms with E-state index in [4.69, 9.17) is 0 Å². The van der Waals surface area contributed by atoms with Crippen molar-refractivity contribution in [2.45, 2.75) is 157 Å². The highest BCUT2D eigenvalue weighted by atomic mass is 15.5. The molecule has 3 fully saturated rings. The van der Waals surface area contributed by atoms with Crippen LogP contribution >= 0.6 is 0 Å². The first-order valence-corrected chi connectivity index (χ1v) is 18.9. The van der Waals surface area contributed by atoms with Gasteiger partial charge in [0.05, 0.1) is 30.8 Å². The Bertz CT molecular complexity index is 1060. The molecular weight excluding hydrogens is 596 g/mol. The molecule has 48 heavy (non-hydrogen) atoms. The van der Waals surface area contributed by atoms with Crippen molar-refractivity contribution in [3.8, 4) is 0 Å². The van der Waals surface area contributed by atoms with Crippen molar-refractivity contribution < 1.29 is 0 Å². The van der Waals surface area contributed by atoms with Gasteiger partial charge >= 0.3 is 0 Å². The second kappa shape index (κ2) is 17.4. The van der Waals surface area contributed by atoms with E-state index in [1.54, 1.807) is 12.4 Å². The minimum Gasteiger partial charge on any atom is -0.333 e. The molecule has 3 aliphatic heterocycles. The predicted octanol–water partition coefficient (Wildman–Crippen LogP) is 7.08. The fourth-order valence-electron chi connectivity index (χ4n) is 8.32. The molecule has 10 nitrogen and oxygen atoms in total. The number of likely N-dealkylation sites (tertiary alicyclic amines) is 3. The molecule has 3 aliphatic rings. The molecule has 6 heterocycles. The maximum absolute atomic E-state index is 4.38. The van der Waals surface area contributed by atoms with Gasteiger partial charge in [-0.3, -0.25) is 19.4 Å². The highest BCUT2D eigenvalue weighted by Gasteiger charge is 2.38. The zero-order valence-corrected chi connectivity index (χ0v) is 32.3. The van der Waals surface area contributed by atoms with E-state index in [0.717, 1.165) is 31.5 Å². The molecule has 0 N–H and O–H groups in total. The van der Waals surface area contributed by atoms with Crippen LogP contribution in [0.1, 0.15) is 120 Å². The summed E-state index contributed by atoms with van der Waals surface area (Å²) >= 11 is 0. The third-order valence-corrected chi connectivity index (χ3v) is 11.0. The van der Waals surface area contributed by atoms with Crippen molar-refractivity contribution in [2.75, 3.05) is 19.6 Å². The molecule has 0 amide bonds. The molecule has 0 aromatic carbocycles. The third-order valence-electron chi connectivity index (χ3n) is 11.0. The van der Waals surface area contributed by atoms with Gasteiger partial charge in [0.25, 0.3) is 0 Å². The molecule has 0 saturated carbocycles. The molecule has 0 unspecified atom stereocenters. The molecule has 3 aromatic rings. The first-order valence-electron chi connectivity index (χ1n) is 18.9. The topological polar surface area (TPSA) is 76.1 Å². The van der Waals surface area contributed by atoms with E-state index < -0.39 is 0 Å². The summed E-state index contributed by atoms with van der Waals surface area (Å²) in [7, 11) is 0. The molecule has 270 valence electrons. The Balaban J connectivity index is 0.000000163. The van der Waals surface area contributed by atoms with E-state index in [1.807, 2.05) is 29.6 Å². The monoisotopic (exact) mass is 665 g/mol.